The molecule has 35 heavy (non-hydrogen) atoms. The van der Waals surface area contributed by atoms with E-state index in [0.29, 0.717) is 34.9 Å². The van der Waals surface area contributed by atoms with E-state index in [4.69, 9.17) is 4.74 Å². The molecule has 180 valence electrons. The predicted octanol–water partition coefficient (Wildman–Crippen LogP) is 3.00. The molecule has 0 aliphatic carbocycles. The standard InChI is InChI=1S/C25H25FN6O3/c1-13-7-15(3-5-17(13)26)9-28-25(34)24-23-22(29-12-30-24)19(10-27-23)31-14(2)16-4-6-20-18(8-16)32-21(33)11-35-20/h3-8,12,14,19,27,31H,9-11H2,1-2H3,(H,28,34)(H,32,33). The molecule has 0 fully saturated rings. The largest absolute Gasteiger partial charge is 0.482 e. The number of carbonyl (C=O) groups is 2. The zero-order valence-corrected chi connectivity index (χ0v) is 19.3. The number of carbonyl (C=O) groups excluding carboxylic acids is 2. The number of nitrogens with one attached hydrogen (secondary N) is 4. The maximum absolute atomic E-state index is 13.5. The molecule has 10 heteroatoms. The molecule has 4 N–H and O–H groups in total. The minimum Gasteiger partial charge on any atom is -0.482 e. The fourth-order valence-electron chi connectivity index (χ4n) is 4.30. The minimum atomic E-state index is -0.336. The van der Waals surface area contributed by atoms with Gasteiger partial charge in [0.05, 0.1) is 23.1 Å². The van der Waals surface area contributed by atoms with Crippen LogP contribution < -0.4 is 26.0 Å². The van der Waals surface area contributed by atoms with Gasteiger partial charge in [0.15, 0.2) is 12.3 Å². The lowest BCUT2D eigenvalue weighted by Gasteiger charge is -2.23. The van der Waals surface area contributed by atoms with Crippen LogP contribution in [0.15, 0.2) is 42.7 Å². The molecule has 0 saturated carbocycles. The van der Waals surface area contributed by atoms with Gasteiger partial charge in [-0.15, -0.1) is 0 Å². The van der Waals surface area contributed by atoms with Gasteiger partial charge < -0.3 is 26.0 Å². The zero-order valence-electron chi connectivity index (χ0n) is 19.3. The lowest BCUT2D eigenvalue weighted by atomic mass is 10.0. The van der Waals surface area contributed by atoms with Crippen LogP contribution in [0.1, 0.15) is 51.9 Å². The Hall–Kier alpha value is -4.05. The van der Waals surface area contributed by atoms with Crippen molar-refractivity contribution in [1.82, 2.24) is 20.6 Å². The van der Waals surface area contributed by atoms with Gasteiger partial charge >= 0.3 is 0 Å². The van der Waals surface area contributed by atoms with E-state index in [9.17, 15) is 14.0 Å². The van der Waals surface area contributed by atoms with Crippen LogP contribution in [-0.2, 0) is 11.3 Å². The molecule has 5 rings (SSSR count). The lowest BCUT2D eigenvalue weighted by Crippen LogP contribution is -2.28. The second kappa shape index (κ2) is 9.30. The van der Waals surface area contributed by atoms with E-state index in [-0.39, 0.29) is 48.6 Å². The highest BCUT2D eigenvalue weighted by Gasteiger charge is 2.30. The number of ether oxygens (including phenoxy) is 1. The molecule has 2 aliphatic rings. The van der Waals surface area contributed by atoms with Gasteiger partial charge in [-0.25, -0.2) is 14.4 Å². The van der Waals surface area contributed by atoms with Crippen LogP contribution in [0.5, 0.6) is 5.75 Å². The number of benzene rings is 2. The molecule has 0 saturated heterocycles. The van der Waals surface area contributed by atoms with Gasteiger partial charge in [0.25, 0.3) is 11.8 Å². The number of amides is 2. The summed E-state index contributed by atoms with van der Waals surface area (Å²) in [4.78, 5) is 33.1. The molecule has 0 spiro atoms. The summed E-state index contributed by atoms with van der Waals surface area (Å²) in [5.41, 5.74) is 4.52. The van der Waals surface area contributed by atoms with Gasteiger partial charge in [-0.1, -0.05) is 18.2 Å². The first-order valence-electron chi connectivity index (χ1n) is 11.3. The summed E-state index contributed by atoms with van der Waals surface area (Å²) < 4.78 is 18.9. The van der Waals surface area contributed by atoms with Gasteiger partial charge in [0.2, 0.25) is 0 Å². The number of nitrogens with zero attached hydrogens (tertiary/aromatic N) is 2. The summed E-state index contributed by atoms with van der Waals surface area (Å²) >= 11 is 0. The van der Waals surface area contributed by atoms with E-state index < -0.39 is 0 Å². The zero-order chi connectivity index (χ0) is 24.5. The molecule has 2 aromatic carbocycles. The average Bonchev–Trinajstić information content (AvgIpc) is 3.26. The molecular weight excluding hydrogens is 451 g/mol. The highest BCUT2D eigenvalue weighted by atomic mass is 19.1. The third kappa shape index (κ3) is 4.65. The Kier molecular flexibility index (Phi) is 6.04. The smallest absolute Gasteiger partial charge is 0.272 e. The number of rotatable bonds is 6. The van der Waals surface area contributed by atoms with Crippen molar-refractivity contribution < 1.29 is 18.7 Å². The highest BCUT2D eigenvalue weighted by molar-refractivity contribution is 5.98. The van der Waals surface area contributed by atoms with E-state index in [1.165, 1.54) is 12.4 Å². The first-order valence-corrected chi connectivity index (χ1v) is 11.3. The number of anilines is 2. The maximum atomic E-state index is 13.5. The molecular formula is C25H25FN6O3. The Labute approximate surface area is 201 Å². The van der Waals surface area contributed by atoms with Crippen LogP contribution in [0.25, 0.3) is 0 Å². The Balaban J connectivity index is 1.28. The SMILES string of the molecule is Cc1cc(CNC(=O)c2ncnc3c2NCC3NC(C)c2ccc3c(c2)NC(=O)CO3)ccc1F. The molecule has 3 aromatic rings. The number of fused-ring (bicyclic) bond motifs is 2. The molecule has 2 aliphatic heterocycles. The van der Waals surface area contributed by atoms with Crippen molar-refractivity contribution >= 4 is 23.2 Å². The third-order valence-electron chi connectivity index (χ3n) is 6.17. The predicted molar refractivity (Wildman–Crippen MR) is 128 cm³/mol. The summed E-state index contributed by atoms with van der Waals surface area (Å²) in [6.07, 6.45) is 1.38. The summed E-state index contributed by atoms with van der Waals surface area (Å²) in [6, 6.07) is 10.2. The fraction of sp³-hybridized carbons (Fsp3) is 0.280. The van der Waals surface area contributed by atoms with Gasteiger partial charge in [0.1, 0.15) is 17.9 Å². The lowest BCUT2D eigenvalue weighted by molar-refractivity contribution is -0.118. The van der Waals surface area contributed by atoms with E-state index >= 15 is 0 Å². The van der Waals surface area contributed by atoms with Gasteiger partial charge in [-0.3, -0.25) is 9.59 Å². The van der Waals surface area contributed by atoms with Crippen LogP contribution in [0.3, 0.4) is 0 Å². The molecule has 0 radical (unpaired) electrons. The summed E-state index contributed by atoms with van der Waals surface area (Å²) in [5.74, 6) is -0.148. The van der Waals surface area contributed by atoms with Crippen molar-refractivity contribution in [2.24, 2.45) is 0 Å². The van der Waals surface area contributed by atoms with Crippen LogP contribution in [-0.4, -0.2) is 34.9 Å². The van der Waals surface area contributed by atoms with E-state index in [0.717, 1.165) is 11.1 Å². The molecule has 3 heterocycles. The third-order valence-corrected chi connectivity index (χ3v) is 6.17. The molecule has 9 nitrogen and oxygen atoms in total. The maximum Gasteiger partial charge on any atom is 0.272 e. The average molecular weight is 477 g/mol. The summed E-state index contributed by atoms with van der Waals surface area (Å²) in [7, 11) is 0. The van der Waals surface area contributed by atoms with Crippen LogP contribution in [0.4, 0.5) is 15.8 Å². The topological polar surface area (TPSA) is 117 Å². The van der Waals surface area contributed by atoms with Crippen LogP contribution >= 0.6 is 0 Å². The molecule has 2 amide bonds. The van der Waals surface area contributed by atoms with Crippen molar-refractivity contribution in [3.05, 3.63) is 76.6 Å². The first kappa shape index (κ1) is 22.7. The number of aromatic nitrogens is 2. The van der Waals surface area contributed by atoms with Crippen LogP contribution in [0, 0.1) is 12.7 Å². The second-order valence-electron chi connectivity index (χ2n) is 8.66. The summed E-state index contributed by atoms with van der Waals surface area (Å²) in [6.45, 7) is 4.52. The Bertz CT molecular complexity index is 1310. The fourth-order valence-corrected chi connectivity index (χ4v) is 4.30. The van der Waals surface area contributed by atoms with Gasteiger partial charge in [0, 0.05) is 19.1 Å². The Morgan fingerprint density at radius 1 is 1.26 bits per heavy atom. The van der Waals surface area contributed by atoms with E-state index in [2.05, 4.69) is 31.2 Å². The van der Waals surface area contributed by atoms with Crippen LogP contribution in [0.2, 0.25) is 0 Å². The van der Waals surface area contributed by atoms with Crippen molar-refractivity contribution in [2.45, 2.75) is 32.5 Å². The molecule has 0 bridgehead atoms. The van der Waals surface area contributed by atoms with E-state index in [1.807, 2.05) is 25.1 Å². The van der Waals surface area contributed by atoms with E-state index in [1.54, 1.807) is 19.1 Å². The Morgan fingerprint density at radius 2 is 2.11 bits per heavy atom. The molecule has 1 aromatic heterocycles. The normalized spacial score (nSPS) is 16.9. The van der Waals surface area contributed by atoms with Gasteiger partial charge in [-0.2, -0.15) is 0 Å². The Morgan fingerprint density at radius 3 is 2.94 bits per heavy atom. The molecule has 2 atom stereocenters. The minimum absolute atomic E-state index is 0.0177. The van der Waals surface area contributed by atoms with Crippen molar-refractivity contribution in [1.29, 1.82) is 0 Å². The monoisotopic (exact) mass is 476 g/mol. The van der Waals surface area contributed by atoms with Gasteiger partial charge in [-0.05, 0) is 48.7 Å². The number of aryl methyl sites for hydroxylation is 1. The number of hydrogen-bond donors (Lipinski definition) is 4. The van der Waals surface area contributed by atoms with Crippen molar-refractivity contribution in [3.63, 3.8) is 0 Å². The number of hydrogen-bond acceptors (Lipinski definition) is 7. The first-order chi connectivity index (χ1) is 16.9. The quantitative estimate of drug-likeness (QED) is 0.432. The summed E-state index contributed by atoms with van der Waals surface area (Å²) in [5, 5.41) is 12.5. The molecule has 2 unspecified atom stereocenters. The van der Waals surface area contributed by atoms with Crippen molar-refractivity contribution in [2.75, 3.05) is 23.8 Å². The number of halogens is 1. The second-order valence-corrected chi connectivity index (χ2v) is 8.66. The highest BCUT2D eigenvalue weighted by Crippen LogP contribution is 2.34. The van der Waals surface area contributed by atoms with Crippen molar-refractivity contribution in [3.8, 4) is 5.75 Å².